The minimum atomic E-state index is -0.0215. The zero-order chi connectivity index (χ0) is 12.0. The lowest BCUT2D eigenvalue weighted by Gasteiger charge is -2.34. The van der Waals surface area contributed by atoms with Crippen molar-refractivity contribution in [3.63, 3.8) is 0 Å². The predicted molar refractivity (Wildman–Crippen MR) is 72.0 cm³/mol. The molecule has 0 saturated carbocycles. The molecule has 0 spiro atoms. The standard InChI is InChI=1S/C16H20O/c1-2-11-16(12-6-7-14-17-16)13-10-15-8-4-3-5-9-15/h2-9H,1,10-14H2. The number of ether oxygens (including phenoxy) is 1. The van der Waals surface area contributed by atoms with Crippen molar-refractivity contribution in [2.45, 2.75) is 31.3 Å². The average Bonchev–Trinajstić information content (AvgIpc) is 2.39. The molecule has 1 heterocycles. The maximum atomic E-state index is 5.97. The molecule has 1 aromatic rings. The monoisotopic (exact) mass is 228 g/mol. The van der Waals surface area contributed by atoms with Gasteiger partial charge < -0.3 is 4.74 Å². The topological polar surface area (TPSA) is 9.23 Å². The van der Waals surface area contributed by atoms with Crippen molar-refractivity contribution in [3.8, 4) is 0 Å². The van der Waals surface area contributed by atoms with Crippen molar-refractivity contribution in [1.82, 2.24) is 0 Å². The van der Waals surface area contributed by atoms with E-state index < -0.39 is 0 Å². The summed E-state index contributed by atoms with van der Waals surface area (Å²) in [6, 6.07) is 10.6. The smallest absolute Gasteiger partial charge is 0.0758 e. The molecule has 1 heteroatoms. The Bertz CT molecular complexity index is 380. The summed E-state index contributed by atoms with van der Waals surface area (Å²) in [5.41, 5.74) is 1.36. The fourth-order valence-corrected chi connectivity index (χ4v) is 2.35. The highest BCUT2D eigenvalue weighted by Crippen LogP contribution is 2.30. The number of rotatable bonds is 5. The molecule has 0 aliphatic carbocycles. The van der Waals surface area contributed by atoms with E-state index in [4.69, 9.17) is 4.74 Å². The van der Waals surface area contributed by atoms with Crippen LogP contribution in [-0.2, 0) is 11.2 Å². The lowest BCUT2D eigenvalue weighted by atomic mass is 9.87. The first-order valence-corrected chi connectivity index (χ1v) is 6.28. The third-order valence-corrected chi connectivity index (χ3v) is 3.37. The van der Waals surface area contributed by atoms with Crippen LogP contribution < -0.4 is 0 Å². The van der Waals surface area contributed by atoms with Gasteiger partial charge in [0.25, 0.3) is 0 Å². The molecule has 1 aliphatic heterocycles. The van der Waals surface area contributed by atoms with E-state index >= 15 is 0 Å². The fraction of sp³-hybridized carbons (Fsp3) is 0.375. The molecule has 0 amide bonds. The number of hydrogen-bond donors (Lipinski definition) is 0. The maximum Gasteiger partial charge on any atom is 0.0758 e. The van der Waals surface area contributed by atoms with Crippen molar-refractivity contribution in [1.29, 1.82) is 0 Å². The van der Waals surface area contributed by atoms with Gasteiger partial charge in [0, 0.05) is 0 Å². The van der Waals surface area contributed by atoms with Crippen molar-refractivity contribution >= 4 is 0 Å². The Morgan fingerprint density at radius 3 is 2.71 bits per heavy atom. The van der Waals surface area contributed by atoms with E-state index in [-0.39, 0.29) is 5.60 Å². The molecule has 0 radical (unpaired) electrons. The fourth-order valence-electron chi connectivity index (χ4n) is 2.35. The number of aryl methyl sites for hydroxylation is 1. The zero-order valence-corrected chi connectivity index (χ0v) is 10.3. The molecule has 17 heavy (non-hydrogen) atoms. The van der Waals surface area contributed by atoms with E-state index in [1.165, 1.54) is 5.56 Å². The van der Waals surface area contributed by atoms with Gasteiger partial charge in [-0.2, -0.15) is 0 Å². The summed E-state index contributed by atoms with van der Waals surface area (Å²) in [6.45, 7) is 4.59. The molecule has 0 fully saturated rings. The Kier molecular flexibility index (Phi) is 4.16. The van der Waals surface area contributed by atoms with Crippen LogP contribution in [-0.4, -0.2) is 12.2 Å². The van der Waals surface area contributed by atoms with Gasteiger partial charge in [-0.1, -0.05) is 48.6 Å². The summed E-state index contributed by atoms with van der Waals surface area (Å²) in [4.78, 5) is 0. The van der Waals surface area contributed by atoms with Gasteiger partial charge in [-0.25, -0.2) is 0 Å². The Morgan fingerprint density at radius 1 is 1.24 bits per heavy atom. The van der Waals surface area contributed by atoms with E-state index in [1.807, 2.05) is 6.08 Å². The molecule has 90 valence electrons. The summed E-state index contributed by atoms with van der Waals surface area (Å²) < 4.78 is 5.97. The maximum absolute atomic E-state index is 5.97. The first kappa shape index (κ1) is 12.1. The van der Waals surface area contributed by atoms with Crippen LogP contribution in [0.5, 0.6) is 0 Å². The van der Waals surface area contributed by atoms with Crippen molar-refractivity contribution in [2.24, 2.45) is 0 Å². The van der Waals surface area contributed by atoms with Crippen LogP contribution in [0, 0.1) is 0 Å². The zero-order valence-electron chi connectivity index (χ0n) is 10.3. The molecule has 0 N–H and O–H groups in total. The molecule has 1 nitrogen and oxygen atoms in total. The van der Waals surface area contributed by atoms with Gasteiger partial charge in [-0.05, 0) is 31.2 Å². The number of hydrogen-bond acceptors (Lipinski definition) is 1. The Balaban J connectivity index is 1.98. The average molecular weight is 228 g/mol. The van der Waals surface area contributed by atoms with Gasteiger partial charge in [0.15, 0.2) is 0 Å². The second-order valence-electron chi connectivity index (χ2n) is 4.65. The molecular weight excluding hydrogens is 208 g/mol. The summed E-state index contributed by atoms with van der Waals surface area (Å²) in [6.07, 6.45) is 10.4. The van der Waals surface area contributed by atoms with E-state index in [2.05, 4.69) is 49.1 Å². The molecule has 1 atom stereocenters. The van der Waals surface area contributed by atoms with E-state index in [0.717, 1.165) is 32.3 Å². The summed E-state index contributed by atoms with van der Waals surface area (Å²) in [5.74, 6) is 0. The summed E-state index contributed by atoms with van der Waals surface area (Å²) in [5, 5.41) is 0. The lowest BCUT2D eigenvalue weighted by molar-refractivity contribution is -0.0401. The van der Waals surface area contributed by atoms with Crippen LogP contribution in [0.15, 0.2) is 55.1 Å². The highest BCUT2D eigenvalue weighted by atomic mass is 16.5. The minimum Gasteiger partial charge on any atom is -0.370 e. The van der Waals surface area contributed by atoms with Crippen LogP contribution in [0.2, 0.25) is 0 Å². The molecule has 0 aromatic heterocycles. The molecule has 0 saturated heterocycles. The summed E-state index contributed by atoms with van der Waals surface area (Å²) in [7, 11) is 0. The molecular formula is C16H20O. The highest BCUT2D eigenvalue weighted by molar-refractivity contribution is 5.15. The van der Waals surface area contributed by atoms with Gasteiger partial charge >= 0.3 is 0 Å². The van der Waals surface area contributed by atoms with Crippen LogP contribution in [0.25, 0.3) is 0 Å². The van der Waals surface area contributed by atoms with Gasteiger partial charge in [0.05, 0.1) is 12.2 Å². The van der Waals surface area contributed by atoms with Crippen LogP contribution >= 0.6 is 0 Å². The van der Waals surface area contributed by atoms with Gasteiger partial charge in [0.1, 0.15) is 0 Å². The SMILES string of the molecule is C=CCC1(CCc2ccccc2)CC=CCO1. The first-order valence-electron chi connectivity index (χ1n) is 6.28. The lowest BCUT2D eigenvalue weighted by Crippen LogP contribution is -2.34. The van der Waals surface area contributed by atoms with E-state index in [9.17, 15) is 0 Å². The first-order chi connectivity index (χ1) is 8.35. The van der Waals surface area contributed by atoms with E-state index in [1.54, 1.807) is 0 Å². The second kappa shape index (κ2) is 5.83. The van der Waals surface area contributed by atoms with Crippen molar-refractivity contribution in [2.75, 3.05) is 6.61 Å². The van der Waals surface area contributed by atoms with Crippen LogP contribution in [0.3, 0.4) is 0 Å². The molecule has 1 unspecified atom stereocenters. The van der Waals surface area contributed by atoms with Gasteiger partial charge in [-0.15, -0.1) is 6.58 Å². The molecule has 1 aromatic carbocycles. The normalized spacial score (nSPS) is 23.5. The largest absolute Gasteiger partial charge is 0.370 e. The summed E-state index contributed by atoms with van der Waals surface area (Å²) >= 11 is 0. The Labute approximate surface area is 104 Å². The minimum absolute atomic E-state index is 0.0215. The Morgan fingerprint density at radius 2 is 2.06 bits per heavy atom. The van der Waals surface area contributed by atoms with Gasteiger partial charge in [-0.3, -0.25) is 0 Å². The van der Waals surface area contributed by atoms with Crippen LogP contribution in [0.1, 0.15) is 24.8 Å². The van der Waals surface area contributed by atoms with Crippen molar-refractivity contribution in [3.05, 3.63) is 60.7 Å². The van der Waals surface area contributed by atoms with Crippen molar-refractivity contribution < 1.29 is 4.74 Å². The molecule has 2 rings (SSSR count). The molecule has 0 bridgehead atoms. The third-order valence-electron chi connectivity index (χ3n) is 3.37. The third kappa shape index (κ3) is 3.31. The van der Waals surface area contributed by atoms with E-state index in [0.29, 0.717) is 0 Å². The predicted octanol–water partition coefficient (Wildman–Crippen LogP) is 3.91. The number of benzene rings is 1. The van der Waals surface area contributed by atoms with Crippen LogP contribution in [0.4, 0.5) is 0 Å². The van der Waals surface area contributed by atoms with Gasteiger partial charge in [0.2, 0.25) is 0 Å². The quantitative estimate of drug-likeness (QED) is 0.694. The second-order valence-corrected chi connectivity index (χ2v) is 4.65. The Hall–Kier alpha value is -1.34. The highest BCUT2D eigenvalue weighted by Gasteiger charge is 2.29. The molecule has 1 aliphatic rings.